The van der Waals surface area contributed by atoms with E-state index in [4.69, 9.17) is 37.9 Å². The molecule has 0 aliphatic carbocycles. The SMILES string of the molecule is CC(C)(C)OC(=O)N1CCC(=O)C(C)(C)C1.CC(C)(C)OC(=O)N1CCC(=O)CC1.CNC1CCN(c2ccncc2)CC1(C)C.COc1ccc(CN(C)C2CCN(C(=O)OC(C)(C)C)CC2(C)C)cc1.COc1ccc(CN(C)C2CCN(c3ccncc3)CC2(C)C)cc1.COc1ccc(CN(C)C2CCNCC2(C)C)cc1.COc1ccc(CNC2CCN(C(=O)OC(C)(C)C)CC2(C)C)cc1. The molecule has 0 radical (unpaired) electrons. The number of hydrogen-bond acceptors (Lipinski definition) is 24. The van der Waals surface area contributed by atoms with Crippen molar-refractivity contribution in [1.29, 1.82) is 0 Å². The summed E-state index contributed by atoms with van der Waals surface area (Å²) in [6, 6.07) is 44.1. The van der Waals surface area contributed by atoms with E-state index in [0.717, 1.165) is 114 Å². The molecule has 13 rings (SSSR count). The number of amides is 4. The van der Waals surface area contributed by atoms with Gasteiger partial charge in [-0.05, 0) is 272 Å². The Morgan fingerprint density at radius 3 is 1.03 bits per heavy atom. The van der Waals surface area contributed by atoms with E-state index in [2.05, 4.69) is 221 Å². The van der Waals surface area contributed by atoms with Crippen LogP contribution in [0.15, 0.2) is 146 Å². The number of hydrogen-bond donors (Lipinski definition) is 3. The van der Waals surface area contributed by atoms with Crippen molar-refractivity contribution in [3.63, 3.8) is 0 Å². The van der Waals surface area contributed by atoms with Gasteiger partial charge >= 0.3 is 24.4 Å². The molecular formula is C113H180N14O14. The number of methoxy groups -OCH3 is 4. The van der Waals surface area contributed by atoms with Gasteiger partial charge in [0.15, 0.2) is 0 Å². The molecule has 4 aromatic carbocycles. The van der Waals surface area contributed by atoms with Gasteiger partial charge in [0.05, 0.1) is 28.4 Å². The summed E-state index contributed by atoms with van der Waals surface area (Å²) >= 11 is 0. The number of piperidine rings is 7. The fraction of sp³-hybridized carbons (Fsp3) is 0.646. The molecule has 786 valence electrons. The number of pyridine rings is 2. The molecule has 7 aliphatic heterocycles. The Hall–Kier alpha value is -9.84. The zero-order valence-electron chi connectivity index (χ0n) is 92.3. The molecule has 6 aromatic rings. The summed E-state index contributed by atoms with van der Waals surface area (Å²) in [7, 11) is 15.5. The molecule has 9 heterocycles. The predicted molar refractivity (Wildman–Crippen MR) is 568 cm³/mol. The van der Waals surface area contributed by atoms with Gasteiger partial charge in [-0.15, -0.1) is 0 Å². The van der Waals surface area contributed by atoms with Gasteiger partial charge in [0.2, 0.25) is 0 Å². The van der Waals surface area contributed by atoms with Crippen LogP contribution in [0.4, 0.5) is 30.6 Å². The van der Waals surface area contributed by atoms with Crippen LogP contribution in [0.3, 0.4) is 0 Å². The lowest BCUT2D eigenvalue weighted by Gasteiger charge is -2.48. The number of likely N-dealkylation sites (tertiary alicyclic amines) is 4. The van der Waals surface area contributed by atoms with Gasteiger partial charge in [-0.2, -0.15) is 0 Å². The second-order valence-corrected chi connectivity index (χ2v) is 47.0. The Kier molecular flexibility index (Phi) is 44.1. The molecule has 2 aromatic heterocycles. The van der Waals surface area contributed by atoms with Crippen LogP contribution in [0, 0.1) is 32.5 Å². The molecule has 4 amide bonds. The van der Waals surface area contributed by atoms with Gasteiger partial charge in [-0.3, -0.25) is 34.3 Å². The van der Waals surface area contributed by atoms with E-state index in [1.165, 1.54) is 52.9 Å². The molecule has 5 unspecified atom stereocenters. The maximum absolute atomic E-state index is 12.4. The lowest BCUT2D eigenvalue weighted by Crippen LogP contribution is -2.56. The molecule has 0 spiro atoms. The van der Waals surface area contributed by atoms with E-state index in [1.807, 2.05) is 180 Å². The highest BCUT2D eigenvalue weighted by Crippen LogP contribution is 2.40. The monoisotopic (exact) mass is 1960 g/mol. The minimum absolute atomic E-state index is 0.00360. The van der Waals surface area contributed by atoms with E-state index in [1.54, 1.807) is 38.2 Å². The summed E-state index contributed by atoms with van der Waals surface area (Å²) in [5.74, 6) is 4.03. The number of carbonyl (C=O) groups excluding carboxylic acids is 6. The summed E-state index contributed by atoms with van der Waals surface area (Å²) in [5.41, 5.74) is 6.29. The zero-order valence-corrected chi connectivity index (χ0v) is 92.3. The first-order valence-corrected chi connectivity index (χ1v) is 50.8. The van der Waals surface area contributed by atoms with Crippen molar-refractivity contribution < 1.29 is 66.7 Å². The largest absolute Gasteiger partial charge is 0.497 e. The van der Waals surface area contributed by atoms with Gasteiger partial charge < -0.3 is 83.2 Å². The maximum Gasteiger partial charge on any atom is 0.410 e. The number of ether oxygens (including phenoxy) is 8. The third-order valence-corrected chi connectivity index (χ3v) is 27.2. The van der Waals surface area contributed by atoms with Crippen molar-refractivity contribution >= 4 is 47.3 Å². The topological polar surface area (TPSA) is 267 Å². The number of ketones is 2. The number of rotatable bonds is 19. The third-order valence-electron chi connectivity index (χ3n) is 27.2. The Morgan fingerprint density at radius 2 is 0.688 bits per heavy atom. The second-order valence-electron chi connectivity index (χ2n) is 47.0. The van der Waals surface area contributed by atoms with Crippen molar-refractivity contribution in [2.24, 2.45) is 32.5 Å². The summed E-state index contributed by atoms with van der Waals surface area (Å²) in [6.07, 6.45) is 13.2. The third kappa shape index (κ3) is 39.3. The number of anilines is 2. The van der Waals surface area contributed by atoms with Crippen LogP contribution < -0.4 is 44.7 Å². The van der Waals surface area contributed by atoms with Crippen LogP contribution >= 0.6 is 0 Å². The number of benzene rings is 4. The molecule has 3 N–H and O–H groups in total. The predicted octanol–water partition coefficient (Wildman–Crippen LogP) is 20.0. The Labute approximate surface area is 847 Å². The van der Waals surface area contributed by atoms with Gasteiger partial charge in [0.1, 0.15) is 57.0 Å². The highest BCUT2D eigenvalue weighted by Gasteiger charge is 2.45. The minimum Gasteiger partial charge on any atom is -0.497 e. The molecule has 7 aliphatic rings. The first kappa shape index (κ1) is 118. The summed E-state index contributed by atoms with van der Waals surface area (Å²) < 4.78 is 42.4. The van der Waals surface area contributed by atoms with Gasteiger partial charge in [-0.1, -0.05) is 132 Å². The zero-order chi connectivity index (χ0) is 105. The van der Waals surface area contributed by atoms with Crippen LogP contribution in [-0.4, -0.2) is 281 Å². The first-order valence-electron chi connectivity index (χ1n) is 50.8. The average Bonchev–Trinajstić information content (AvgIpc) is 0.775. The van der Waals surface area contributed by atoms with Crippen LogP contribution in [0.1, 0.15) is 240 Å². The lowest BCUT2D eigenvalue weighted by molar-refractivity contribution is -0.131. The minimum atomic E-state index is -0.483. The summed E-state index contributed by atoms with van der Waals surface area (Å²) in [6.45, 7) is 64.2. The van der Waals surface area contributed by atoms with E-state index in [9.17, 15) is 28.8 Å². The van der Waals surface area contributed by atoms with Crippen LogP contribution in [0.5, 0.6) is 23.0 Å². The number of nitrogens with one attached hydrogen (secondary N) is 3. The number of aromatic nitrogens is 2. The molecule has 141 heavy (non-hydrogen) atoms. The molecule has 7 fully saturated rings. The highest BCUT2D eigenvalue weighted by molar-refractivity contribution is 5.87. The van der Waals surface area contributed by atoms with Crippen molar-refractivity contribution in [2.45, 2.75) is 296 Å². The molecule has 5 atom stereocenters. The van der Waals surface area contributed by atoms with E-state index < -0.39 is 27.8 Å². The van der Waals surface area contributed by atoms with Crippen molar-refractivity contribution in [3.05, 3.63) is 168 Å². The van der Waals surface area contributed by atoms with E-state index >= 15 is 0 Å². The van der Waals surface area contributed by atoms with Crippen molar-refractivity contribution in [1.82, 2.24) is 60.2 Å². The van der Waals surface area contributed by atoms with Gasteiger partial charge in [0, 0.05) is 202 Å². The number of nitrogens with zero attached hydrogens (tertiary/aromatic N) is 11. The van der Waals surface area contributed by atoms with E-state index in [-0.39, 0.29) is 52.2 Å². The van der Waals surface area contributed by atoms with Crippen LogP contribution in [0.2, 0.25) is 0 Å². The molecule has 28 heteroatoms. The standard InChI is InChI=1S/C21H29N3O.C21H34N2O3.C20H32N2O3.C16H26N2O.C13H21N3.C12H21NO3.C10H17NO3/c1-21(2)16-24(18-9-12-22-13-10-18)14-11-20(21)23(3)15-17-5-7-19(25-4)8-6-17;1-20(2,3)26-19(24)23-13-12-18(21(4,5)15-23)22(6)14-16-8-10-17(25-7)11-9-16;1-19(2,3)25-18(23)22-12-11-17(20(4,5)14-22)21-13-15-7-9-16(24-6)10-8-15;1-16(2)12-17-10-9-15(16)18(3)11-13-5-7-14(19-4)8-6-13;1-13(2)10-16(9-6-12(13)14-3)11-4-7-15-8-5-11;1-11(2,3)16-10(15)13-7-6-9(14)12(4,5)8-13;1-10(2,3)14-9(13)11-6-4-8(12)5-7-11/h5-10,12-13,20H,11,14-16H2,1-4H3;8-11,18H,12-15H2,1-7H3;7-10,17,21H,11-14H2,1-6H3;5-8,15,17H,9-12H2,1-4H3;4-5,7-8,12,14H,6,9-10H2,1-3H3;6-8H2,1-5H3;4-7H2,1-3H3. The molecule has 0 bridgehead atoms. The van der Waals surface area contributed by atoms with Crippen LogP contribution in [0.25, 0.3) is 0 Å². The number of carbonyl (C=O) groups is 6. The summed E-state index contributed by atoms with van der Waals surface area (Å²) in [4.78, 5) is 98.0. The van der Waals surface area contributed by atoms with Crippen molar-refractivity contribution in [3.8, 4) is 23.0 Å². The maximum atomic E-state index is 12.4. The quantitative estimate of drug-likeness (QED) is 0.0636. The molecule has 28 nitrogen and oxygen atoms in total. The Morgan fingerprint density at radius 1 is 0.376 bits per heavy atom. The van der Waals surface area contributed by atoms with Crippen molar-refractivity contribution in [2.75, 3.05) is 158 Å². The fourth-order valence-corrected chi connectivity index (χ4v) is 19.8. The fourth-order valence-electron chi connectivity index (χ4n) is 19.8. The Balaban J connectivity index is 0.000000226. The molecule has 7 saturated heterocycles. The van der Waals surface area contributed by atoms with Gasteiger partial charge in [0.25, 0.3) is 0 Å². The number of Topliss-reactive ketones (excluding diaryl/α,β-unsaturated/α-hetero) is 2. The van der Waals surface area contributed by atoms with E-state index in [0.29, 0.717) is 99.6 Å². The normalized spacial score (nSPS) is 20.8. The highest BCUT2D eigenvalue weighted by atomic mass is 16.6. The lowest BCUT2D eigenvalue weighted by atomic mass is 9.78. The second kappa shape index (κ2) is 52.6. The molecule has 0 saturated carbocycles. The molecular weight excluding hydrogens is 1780 g/mol. The smallest absolute Gasteiger partial charge is 0.410 e. The Bertz CT molecular complexity index is 4770. The van der Waals surface area contributed by atoms with Gasteiger partial charge in [-0.25, -0.2) is 19.2 Å². The summed E-state index contributed by atoms with van der Waals surface area (Å²) in [5, 5.41) is 10.6. The average molecular weight is 1960 g/mol. The van der Waals surface area contributed by atoms with Crippen LogP contribution in [-0.2, 0) is 54.7 Å². The first-order chi connectivity index (χ1) is 65.8.